The number of nitrogens with one attached hydrogen (secondary N) is 1. The molecule has 2 rings (SSSR count). The van der Waals surface area contributed by atoms with Crippen molar-refractivity contribution in [2.75, 3.05) is 33.3 Å². The molecule has 0 bridgehead atoms. The van der Waals surface area contributed by atoms with Gasteiger partial charge in [-0.1, -0.05) is 11.6 Å². The largest absolute Gasteiger partial charge is 0.492 e. The molecule has 0 amide bonds. The highest BCUT2D eigenvalue weighted by molar-refractivity contribution is 6.30. The van der Waals surface area contributed by atoms with Gasteiger partial charge in [0.05, 0.1) is 0 Å². The van der Waals surface area contributed by atoms with Gasteiger partial charge in [0, 0.05) is 24.2 Å². The van der Waals surface area contributed by atoms with Gasteiger partial charge in [-0.25, -0.2) is 0 Å². The minimum absolute atomic E-state index is 0.646. The molecule has 1 N–H and O–H groups in total. The van der Waals surface area contributed by atoms with Crippen molar-refractivity contribution in [1.29, 1.82) is 0 Å². The molecule has 4 heteroatoms. The average Bonchev–Trinajstić information content (AvgIpc) is 2.42. The molecule has 1 unspecified atom stereocenters. The molecular formula is C14H21ClN2O. The summed E-state index contributed by atoms with van der Waals surface area (Å²) >= 11 is 5.83. The maximum atomic E-state index is 5.83. The molecule has 3 nitrogen and oxygen atoms in total. The Hall–Kier alpha value is -0.770. The number of ether oxygens (including phenoxy) is 1. The molecule has 1 aliphatic rings. The molecule has 1 heterocycles. The van der Waals surface area contributed by atoms with Gasteiger partial charge in [0.1, 0.15) is 12.4 Å². The highest BCUT2D eigenvalue weighted by Crippen LogP contribution is 2.15. The van der Waals surface area contributed by atoms with Crippen LogP contribution in [0.15, 0.2) is 24.3 Å². The number of rotatable bonds is 5. The van der Waals surface area contributed by atoms with Gasteiger partial charge < -0.3 is 10.1 Å². The summed E-state index contributed by atoms with van der Waals surface area (Å²) in [6.45, 7) is 3.92. The van der Waals surface area contributed by atoms with Crippen molar-refractivity contribution in [3.63, 3.8) is 0 Å². The van der Waals surface area contributed by atoms with Crippen molar-refractivity contribution in [2.24, 2.45) is 0 Å². The van der Waals surface area contributed by atoms with E-state index in [-0.39, 0.29) is 0 Å². The Bertz CT molecular complexity index is 349. The molecule has 1 aromatic rings. The molecule has 18 heavy (non-hydrogen) atoms. The Morgan fingerprint density at radius 3 is 2.83 bits per heavy atom. The SMILES string of the molecule is CN(CCOc1ccc(Cl)cc1)C1CCCNC1. The van der Waals surface area contributed by atoms with Crippen LogP contribution in [0.4, 0.5) is 0 Å². The summed E-state index contributed by atoms with van der Waals surface area (Å²) in [6.07, 6.45) is 2.55. The predicted octanol–water partition coefficient (Wildman–Crippen LogP) is 2.40. The second-order valence-electron chi connectivity index (χ2n) is 4.78. The third-order valence-corrected chi connectivity index (χ3v) is 3.67. The second kappa shape index (κ2) is 6.98. The van der Waals surface area contributed by atoms with E-state index >= 15 is 0 Å². The van der Waals surface area contributed by atoms with Gasteiger partial charge in [-0.3, -0.25) is 4.90 Å². The Morgan fingerprint density at radius 1 is 1.39 bits per heavy atom. The zero-order valence-corrected chi connectivity index (χ0v) is 11.6. The summed E-state index contributed by atoms with van der Waals surface area (Å²) < 4.78 is 5.70. The molecule has 1 atom stereocenters. The first kappa shape index (κ1) is 13.7. The third-order valence-electron chi connectivity index (χ3n) is 3.42. The van der Waals surface area contributed by atoms with Gasteiger partial charge in [-0.2, -0.15) is 0 Å². The number of benzene rings is 1. The minimum Gasteiger partial charge on any atom is -0.492 e. The number of hydrogen-bond acceptors (Lipinski definition) is 3. The zero-order valence-electron chi connectivity index (χ0n) is 10.9. The first-order chi connectivity index (χ1) is 8.75. The smallest absolute Gasteiger partial charge is 0.119 e. The lowest BCUT2D eigenvalue weighted by Gasteiger charge is -2.31. The Morgan fingerprint density at radius 2 is 2.17 bits per heavy atom. The maximum absolute atomic E-state index is 5.83. The molecule has 1 saturated heterocycles. The van der Waals surface area contributed by atoms with Crippen LogP contribution in [-0.4, -0.2) is 44.2 Å². The summed E-state index contributed by atoms with van der Waals surface area (Å²) in [6, 6.07) is 8.17. The molecule has 0 aromatic heterocycles. The lowest BCUT2D eigenvalue weighted by Crippen LogP contribution is -2.45. The molecule has 0 aliphatic carbocycles. The van der Waals surface area contributed by atoms with Crippen LogP contribution in [-0.2, 0) is 0 Å². The molecule has 1 aromatic carbocycles. The van der Waals surface area contributed by atoms with E-state index in [0.717, 1.165) is 30.4 Å². The minimum atomic E-state index is 0.646. The number of halogens is 1. The number of likely N-dealkylation sites (N-methyl/N-ethyl adjacent to an activating group) is 1. The van der Waals surface area contributed by atoms with Crippen LogP contribution in [0.3, 0.4) is 0 Å². The second-order valence-corrected chi connectivity index (χ2v) is 5.22. The van der Waals surface area contributed by atoms with E-state index < -0.39 is 0 Å². The Balaban J connectivity index is 1.69. The normalized spacial score (nSPS) is 20.1. The van der Waals surface area contributed by atoms with Gasteiger partial charge in [-0.05, 0) is 50.7 Å². The van der Waals surface area contributed by atoms with Crippen LogP contribution < -0.4 is 10.1 Å². The molecule has 0 saturated carbocycles. The number of piperidine rings is 1. The van der Waals surface area contributed by atoms with Gasteiger partial charge in [-0.15, -0.1) is 0 Å². The summed E-state index contributed by atoms with van der Waals surface area (Å²) in [7, 11) is 2.17. The highest BCUT2D eigenvalue weighted by Gasteiger charge is 2.17. The summed E-state index contributed by atoms with van der Waals surface area (Å²) in [5, 5.41) is 4.18. The van der Waals surface area contributed by atoms with Crippen molar-refractivity contribution < 1.29 is 4.74 Å². The van der Waals surface area contributed by atoms with E-state index in [1.165, 1.54) is 12.8 Å². The van der Waals surface area contributed by atoms with Crippen LogP contribution in [0.2, 0.25) is 5.02 Å². The highest BCUT2D eigenvalue weighted by atomic mass is 35.5. The predicted molar refractivity (Wildman–Crippen MR) is 75.5 cm³/mol. The first-order valence-electron chi connectivity index (χ1n) is 6.55. The van der Waals surface area contributed by atoms with Crippen LogP contribution in [0.25, 0.3) is 0 Å². The summed E-state index contributed by atoms with van der Waals surface area (Å²) in [5.41, 5.74) is 0. The quantitative estimate of drug-likeness (QED) is 0.888. The van der Waals surface area contributed by atoms with Crippen LogP contribution in [0.5, 0.6) is 5.75 Å². The topological polar surface area (TPSA) is 24.5 Å². The standard InChI is InChI=1S/C14H21ClN2O/c1-17(13-3-2-8-16-11-13)9-10-18-14-6-4-12(15)5-7-14/h4-7,13,16H,2-3,8-11H2,1H3. The Labute approximate surface area is 114 Å². The van der Waals surface area contributed by atoms with E-state index in [1.807, 2.05) is 24.3 Å². The molecular weight excluding hydrogens is 248 g/mol. The summed E-state index contributed by atoms with van der Waals surface area (Å²) in [5.74, 6) is 0.884. The van der Waals surface area contributed by atoms with Gasteiger partial charge in [0.15, 0.2) is 0 Å². The van der Waals surface area contributed by atoms with Crippen molar-refractivity contribution in [2.45, 2.75) is 18.9 Å². The van der Waals surface area contributed by atoms with Crippen molar-refractivity contribution in [3.8, 4) is 5.75 Å². The molecule has 0 spiro atoms. The fourth-order valence-corrected chi connectivity index (χ4v) is 2.36. The van der Waals surface area contributed by atoms with Gasteiger partial charge in [0.2, 0.25) is 0 Å². The fourth-order valence-electron chi connectivity index (χ4n) is 2.23. The van der Waals surface area contributed by atoms with E-state index in [2.05, 4.69) is 17.3 Å². The van der Waals surface area contributed by atoms with Crippen molar-refractivity contribution >= 4 is 11.6 Å². The lowest BCUT2D eigenvalue weighted by molar-refractivity contribution is 0.168. The molecule has 100 valence electrons. The monoisotopic (exact) mass is 268 g/mol. The van der Waals surface area contributed by atoms with Crippen LogP contribution in [0.1, 0.15) is 12.8 Å². The van der Waals surface area contributed by atoms with Gasteiger partial charge >= 0.3 is 0 Å². The molecule has 0 radical (unpaired) electrons. The van der Waals surface area contributed by atoms with Crippen LogP contribution >= 0.6 is 11.6 Å². The van der Waals surface area contributed by atoms with E-state index in [4.69, 9.17) is 16.3 Å². The van der Waals surface area contributed by atoms with Crippen LogP contribution in [0, 0.1) is 0 Å². The fraction of sp³-hybridized carbons (Fsp3) is 0.571. The average molecular weight is 269 g/mol. The zero-order chi connectivity index (χ0) is 12.8. The number of nitrogens with zero attached hydrogens (tertiary/aromatic N) is 1. The van der Waals surface area contributed by atoms with Gasteiger partial charge in [0.25, 0.3) is 0 Å². The number of hydrogen-bond donors (Lipinski definition) is 1. The Kier molecular flexibility index (Phi) is 5.29. The third kappa shape index (κ3) is 4.16. The van der Waals surface area contributed by atoms with E-state index in [1.54, 1.807) is 0 Å². The van der Waals surface area contributed by atoms with E-state index in [9.17, 15) is 0 Å². The van der Waals surface area contributed by atoms with Crippen molar-refractivity contribution in [1.82, 2.24) is 10.2 Å². The lowest BCUT2D eigenvalue weighted by atomic mass is 10.1. The van der Waals surface area contributed by atoms with Crippen molar-refractivity contribution in [3.05, 3.63) is 29.3 Å². The maximum Gasteiger partial charge on any atom is 0.119 e. The molecule has 1 fully saturated rings. The first-order valence-corrected chi connectivity index (χ1v) is 6.93. The molecule has 1 aliphatic heterocycles. The summed E-state index contributed by atoms with van der Waals surface area (Å²) in [4.78, 5) is 2.38. The van der Waals surface area contributed by atoms with E-state index in [0.29, 0.717) is 12.6 Å².